The average Bonchev–Trinajstić information content (AvgIpc) is 2.99. The zero-order valence-corrected chi connectivity index (χ0v) is 12.8. The summed E-state index contributed by atoms with van der Waals surface area (Å²) in [5.41, 5.74) is 4.19. The molecule has 0 aliphatic carbocycles. The summed E-state index contributed by atoms with van der Waals surface area (Å²) in [7, 11) is 1.68. The molecule has 0 unspecified atom stereocenters. The first-order chi connectivity index (χ1) is 11.3. The Bertz CT molecular complexity index is 1000. The predicted octanol–water partition coefficient (Wildman–Crippen LogP) is 4.90. The molecule has 2 heterocycles. The molecule has 112 valence electrons. The molecule has 0 bridgehead atoms. The van der Waals surface area contributed by atoms with Crippen molar-refractivity contribution in [3.63, 3.8) is 0 Å². The first-order valence-electron chi connectivity index (χ1n) is 7.53. The van der Waals surface area contributed by atoms with Gasteiger partial charge >= 0.3 is 0 Å². The molecule has 3 heteroatoms. The summed E-state index contributed by atoms with van der Waals surface area (Å²) < 4.78 is 5.30. The molecule has 0 fully saturated rings. The molecule has 0 radical (unpaired) electrons. The average molecular weight is 300 g/mol. The maximum absolute atomic E-state index is 5.30. The van der Waals surface area contributed by atoms with Gasteiger partial charge in [-0.25, -0.2) is 0 Å². The van der Waals surface area contributed by atoms with Gasteiger partial charge in [-0.1, -0.05) is 36.4 Å². The monoisotopic (exact) mass is 300 g/mol. The highest BCUT2D eigenvalue weighted by molar-refractivity contribution is 6.09. The molecule has 2 aromatic heterocycles. The Morgan fingerprint density at radius 1 is 0.957 bits per heavy atom. The fourth-order valence-electron chi connectivity index (χ4n) is 2.82. The summed E-state index contributed by atoms with van der Waals surface area (Å²) in [5, 5.41) is 2.35. The van der Waals surface area contributed by atoms with Crippen molar-refractivity contribution in [2.45, 2.75) is 0 Å². The second-order valence-electron chi connectivity index (χ2n) is 5.40. The third kappa shape index (κ3) is 2.46. The van der Waals surface area contributed by atoms with Crippen LogP contribution in [0.15, 0.2) is 60.8 Å². The van der Waals surface area contributed by atoms with Gasteiger partial charge in [-0.05, 0) is 29.8 Å². The second-order valence-corrected chi connectivity index (χ2v) is 5.40. The molecule has 23 heavy (non-hydrogen) atoms. The molecule has 4 rings (SSSR count). The van der Waals surface area contributed by atoms with Crippen LogP contribution in [-0.2, 0) is 0 Å². The van der Waals surface area contributed by atoms with Crippen LogP contribution in [0.2, 0.25) is 0 Å². The molecule has 0 aliphatic heterocycles. The van der Waals surface area contributed by atoms with E-state index in [1.807, 2.05) is 48.7 Å². The van der Waals surface area contributed by atoms with E-state index in [2.05, 4.69) is 34.2 Å². The zero-order valence-electron chi connectivity index (χ0n) is 12.8. The minimum atomic E-state index is 0.846. The van der Waals surface area contributed by atoms with Crippen molar-refractivity contribution in [2.75, 3.05) is 7.11 Å². The van der Waals surface area contributed by atoms with Gasteiger partial charge < -0.3 is 9.72 Å². The lowest BCUT2D eigenvalue weighted by Gasteiger charge is -1.98. The number of aromatic amines is 1. The van der Waals surface area contributed by atoms with Gasteiger partial charge in [0.25, 0.3) is 0 Å². The lowest BCUT2D eigenvalue weighted by atomic mass is 10.1. The number of H-pyrrole nitrogens is 1. The largest absolute Gasteiger partial charge is 0.497 e. The van der Waals surface area contributed by atoms with E-state index in [-0.39, 0.29) is 0 Å². The number of fused-ring (bicyclic) bond motifs is 3. The molecule has 4 aromatic rings. The van der Waals surface area contributed by atoms with Crippen LogP contribution in [0.1, 0.15) is 11.3 Å². The Morgan fingerprint density at radius 2 is 1.83 bits per heavy atom. The lowest BCUT2D eigenvalue weighted by molar-refractivity contribution is 0.415. The third-order valence-corrected chi connectivity index (χ3v) is 3.99. The third-order valence-electron chi connectivity index (χ3n) is 3.99. The van der Waals surface area contributed by atoms with E-state index in [4.69, 9.17) is 4.74 Å². The van der Waals surface area contributed by atoms with Crippen LogP contribution in [-0.4, -0.2) is 17.1 Å². The van der Waals surface area contributed by atoms with Crippen LogP contribution in [0.25, 0.3) is 34.0 Å². The van der Waals surface area contributed by atoms with Gasteiger partial charge in [0.05, 0.1) is 23.8 Å². The Morgan fingerprint density at radius 3 is 2.65 bits per heavy atom. The number of benzene rings is 2. The molecule has 0 amide bonds. The van der Waals surface area contributed by atoms with E-state index >= 15 is 0 Å². The van der Waals surface area contributed by atoms with E-state index in [9.17, 15) is 0 Å². The van der Waals surface area contributed by atoms with Crippen LogP contribution in [0.3, 0.4) is 0 Å². The lowest BCUT2D eigenvalue weighted by Crippen LogP contribution is -1.82. The van der Waals surface area contributed by atoms with Crippen molar-refractivity contribution in [3.05, 3.63) is 72.1 Å². The van der Waals surface area contributed by atoms with Gasteiger partial charge in [0.1, 0.15) is 5.75 Å². The van der Waals surface area contributed by atoms with E-state index in [1.54, 1.807) is 7.11 Å². The molecular formula is C20H16N2O. The number of hydrogen-bond donors (Lipinski definition) is 1. The second kappa shape index (κ2) is 5.61. The van der Waals surface area contributed by atoms with Crippen LogP contribution >= 0.6 is 0 Å². The van der Waals surface area contributed by atoms with Gasteiger partial charge in [-0.15, -0.1) is 0 Å². The van der Waals surface area contributed by atoms with Crippen molar-refractivity contribution in [3.8, 4) is 5.75 Å². The maximum Gasteiger partial charge on any atom is 0.120 e. The molecule has 0 spiro atoms. The quantitative estimate of drug-likeness (QED) is 0.584. The Balaban J connectivity index is 1.85. The van der Waals surface area contributed by atoms with Crippen LogP contribution in [0, 0.1) is 0 Å². The van der Waals surface area contributed by atoms with Gasteiger partial charge in [0.2, 0.25) is 0 Å². The number of pyridine rings is 1. The zero-order chi connectivity index (χ0) is 15.6. The summed E-state index contributed by atoms with van der Waals surface area (Å²) in [6, 6.07) is 18.3. The standard InChI is InChI=1S/C20H16N2O/c1-23-15-8-9-16-17-11-12-21-18(20(17)22-19(16)13-15)10-7-14-5-3-2-4-6-14/h2-13,22H,1H3/b10-7+. The number of nitrogens with one attached hydrogen (secondary N) is 1. The molecule has 0 saturated heterocycles. The summed E-state index contributed by atoms with van der Waals surface area (Å²) in [4.78, 5) is 7.97. The van der Waals surface area contributed by atoms with Crippen molar-refractivity contribution < 1.29 is 4.74 Å². The molecular weight excluding hydrogens is 284 g/mol. The van der Waals surface area contributed by atoms with Crippen molar-refractivity contribution in [2.24, 2.45) is 0 Å². The highest BCUT2D eigenvalue weighted by Crippen LogP contribution is 2.29. The number of hydrogen-bond acceptors (Lipinski definition) is 2. The Kier molecular flexibility index (Phi) is 3.31. The number of methoxy groups -OCH3 is 1. The van der Waals surface area contributed by atoms with Gasteiger partial charge in [0.15, 0.2) is 0 Å². The van der Waals surface area contributed by atoms with Crippen LogP contribution < -0.4 is 4.74 Å². The smallest absolute Gasteiger partial charge is 0.120 e. The van der Waals surface area contributed by atoms with Crippen molar-refractivity contribution in [1.29, 1.82) is 0 Å². The summed E-state index contributed by atoms with van der Waals surface area (Å²) in [6.45, 7) is 0. The van der Waals surface area contributed by atoms with E-state index in [1.165, 1.54) is 10.8 Å². The molecule has 0 saturated carbocycles. The first-order valence-corrected chi connectivity index (χ1v) is 7.53. The maximum atomic E-state index is 5.30. The predicted molar refractivity (Wildman–Crippen MR) is 95.5 cm³/mol. The minimum absolute atomic E-state index is 0.846. The number of nitrogens with zero attached hydrogens (tertiary/aromatic N) is 1. The molecule has 1 N–H and O–H groups in total. The molecule has 2 aromatic carbocycles. The van der Waals surface area contributed by atoms with E-state index in [0.717, 1.165) is 28.0 Å². The Labute approximate surface area is 134 Å². The minimum Gasteiger partial charge on any atom is -0.497 e. The fourth-order valence-corrected chi connectivity index (χ4v) is 2.82. The summed E-state index contributed by atoms with van der Waals surface area (Å²) in [5.74, 6) is 0.846. The topological polar surface area (TPSA) is 37.9 Å². The Hall–Kier alpha value is -3.07. The highest BCUT2D eigenvalue weighted by atomic mass is 16.5. The number of rotatable bonds is 3. The first kappa shape index (κ1) is 13.6. The molecule has 3 nitrogen and oxygen atoms in total. The van der Waals surface area contributed by atoms with Crippen molar-refractivity contribution in [1.82, 2.24) is 9.97 Å². The highest BCUT2D eigenvalue weighted by Gasteiger charge is 2.08. The van der Waals surface area contributed by atoms with Crippen LogP contribution in [0.5, 0.6) is 5.75 Å². The van der Waals surface area contributed by atoms with Gasteiger partial charge in [-0.3, -0.25) is 4.98 Å². The van der Waals surface area contributed by atoms with Gasteiger partial charge in [-0.2, -0.15) is 0 Å². The molecule has 0 aliphatic rings. The summed E-state index contributed by atoms with van der Waals surface area (Å²) >= 11 is 0. The summed E-state index contributed by atoms with van der Waals surface area (Å²) in [6.07, 6.45) is 5.97. The fraction of sp³-hybridized carbons (Fsp3) is 0.0500. The normalized spacial score (nSPS) is 11.5. The van der Waals surface area contributed by atoms with Gasteiger partial charge in [0, 0.05) is 23.0 Å². The van der Waals surface area contributed by atoms with Crippen LogP contribution in [0.4, 0.5) is 0 Å². The molecule has 0 atom stereocenters. The number of ether oxygens (including phenoxy) is 1. The van der Waals surface area contributed by atoms with Crippen molar-refractivity contribution >= 4 is 34.0 Å². The SMILES string of the molecule is COc1ccc2c(c1)[nH]c1c(/C=C/c3ccccc3)nccc12. The van der Waals surface area contributed by atoms with E-state index < -0.39 is 0 Å². The number of aromatic nitrogens is 2. The van der Waals surface area contributed by atoms with E-state index in [0.29, 0.717) is 0 Å².